The molecule has 1 unspecified atom stereocenters. The molecule has 1 atom stereocenters. The highest BCUT2D eigenvalue weighted by molar-refractivity contribution is 7.93. The Kier molecular flexibility index (Phi) is 4.36. The van der Waals surface area contributed by atoms with E-state index in [4.69, 9.17) is 16.3 Å². The zero-order valence-corrected chi connectivity index (χ0v) is 15.0. The smallest absolute Gasteiger partial charge is 0.266 e. The number of hydrogen-bond donors (Lipinski definition) is 1. The van der Waals surface area contributed by atoms with Gasteiger partial charge in [-0.1, -0.05) is 29.8 Å². The molecule has 25 heavy (non-hydrogen) atoms. The maximum Gasteiger partial charge on any atom is 0.266 e. The molecule has 0 aliphatic carbocycles. The number of sulfonamides is 1. The van der Waals surface area contributed by atoms with Crippen molar-refractivity contribution in [3.63, 3.8) is 0 Å². The minimum absolute atomic E-state index is 0.0207. The second-order valence-electron chi connectivity index (χ2n) is 5.37. The van der Waals surface area contributed by atoms with Crippen LogP contribution in [0.25, 0.3) is 0 Å². The largest absolute Gasteiger partial charge is 0.495 e. The van der Waals surface area contributed by atoms with E-state index in [1.54, 1.807) is 30.3 Å². The number of nitrogens with zero attached hydrogens (tertiary/aromatic N) is 2. The van der Waals surface area contributed by atoms with Crippen LogP contribution in [0.4, 0.5) is 5.69 Å². The Morgan fingerprint density at radius 2 is 1.88 bits per heavy atom. The van der Waals surface area contributed by atoms with Gasteiger partial charge in [0, 0.05) is 12.5 Å². The van der Waals surface area contributed by atoms with Crippen LogP contribution in [0, 0.1) is 0 Å². The normalized spacial score (nSPS) is 17.9. The summed E-state index contributed by atoms with van der Waals surface area (Å²) in [6.45, 7) is 1.13. The Morgan fingerprint density at radius 3 is 2.44 bits per heavy atom. The molecule has 0 bridgehead atoms. The second kappa shape index (κ2) is 6.21. The first-order chi connectivity index (χ1) is 11.8. The predicted octanol–water partition coefficient (Wildman–Crippen LogP) is 2.79. The molecule has 1 heterocycles. The first-order valence-electron chi connectivity index (χ1n) is 7.25. The molecule has 0 saturated carbocycles. The van der Waals surface area contributed by atoms with Crippen LogP contribution in [0.15, 0.2) is 47.4 Å². The van der Waals surface area contributed by atoms with Crippen LogP contribution in [0.5, 0.6) is 5.75 Å². The quantitative estimate of drug-likeness (QED) is 0.651. The van der Waals surface area contributed by atoms with Crippen molar-refractivity contribution in [1.29, 1.82) is 0 Å². The molecule has 0 saturated heterocycles. The van der Waals surface area contributed by atoms with E-state index in [1.165, 1.54) is 19.2 Å². The Hall–Kier alpha value is -2.29. The Morgan fingerprint density at radius 1 is 1.24 bits per heavy atom. The summed E-state index contributed by atoms with van der Waals surface area (Å²) in [4.78, 5) is 11.7. The van der Waals surface area contributed by atoms with Crippen LogP contribution >= 0.6 is 11.6 Å². The molecule has 0 aromatic heterocycles. The van der Waals surface area contributed by atoms with Gasteiger partial charge in [-0.2, -0.15) is 5.06 Å². The first-order valence-corrected chi connectivity index (χ1v) is 9.07. The minimum Gasteiger partial charge on any atom is -0.495 e. The van der Waals surface area contributed by atoms with Crippen molar-refractivity contribution < 1.29 is 23.2 Å². The third-order valence-electron chi connectivity index (χ3n) is 3.91. The Balaban J connectivity index is 2.33. The highest BCUT2D eigenvalue weighted by atomic mass is 35.5. The van der Waals surface area contributed by atoms with Crippen molar-refractivity contribution >= 4 is 33.2 Å². The molecule has 0 radical (unpaired) electrons. The monoisotopic (exact) mass is 382 g/mol. The van der Waals surface area contributed by atoms with Gasteiger partial charge in [0.25, 0.3) is 10.0 Å². The number of amides is 1. The van der Waals surface area contributed by atoms with Gasteiger partial charge in [0.05, 0.1) is 22.7 Å². The summed E-state index contributed by atoms with van der Waals surface area (Å²) in [6.07, 6.45) is -1.33. The molecule has 1 aliphatic heterocycles. The fourth-order valence-electron chi connectivity index (χ4n) is 2.78. The van der Waals surface area contributed by atoms with Crippen molar-refractivity contribution in [1.82, 2.24) is 5.06 Å². The van der Waals surface area contributed by atoms with Gasteiger partial charge in [0.2, 0.25) is 5.91 Å². The van der Waals surface area contributed by atoms with Gasteiger partial charge in [-0.05, 0) is 24.3 Å². The molecular weight excluding hydrogens is 368 g/mol. The zero-order chi connectivity index (χ0) is 18.4. The van der Waals surface area contributed by atoms with Crippen molar-refractivity contribution in [2.24, 2.45) is 0 Å². The average molecular weight is 383 g/mol. The summed E-state index contributed by atoms with van der Waals surface area (Å²) in [6, 6.07) is 10.9. The highest BCUT2D eigenvalue weighted by Crippen LogP contribution is 2.49. The number of fused-ring (bicyclic) bond motifs is 1. The topological polar surface area (TPSA) is 87.2 Å². The standard InChI is InChI=1S/C16H15ClN2O5S/c1-10(20)18(21)16-14-13(9-8-12(24-2)15(14)17)25(22,23)19(16)11-6-4-3-5-7-11/h3-9,16,21H,1-2H3. The van der Waals surface area contributed by atoms with Crippen LogP contribution in [0.2, 0.25) is 5.02 Å². The van der Waals surface area contributed by atoms with E-state index in [1.807, 2.05) is 0 Å². The third kappa shape index (κ3) is 2.62. The number of ether oxygens (including phenoxy) is 1. The second-order valence-corrected chi connectivity index (χ2v) is 7.53. The van der Waals surface area contributed by atoms with Crippen LogP contribution < -0.4 is 9.04 Å². The maximum absolute atomic E-state index is 13.1. The van der Waals surface area contributed by atoms with Crippen LogP contribution in [-0.2, 0) is 14.8 Å². The van der Waals surface area contributed by atoms with Gasteiger partial charge in [0.15, 0.2) is 6.17 Å². The van der Waals surface area contributed by atoms with E-state index >= 15 is 0 Å². The third-order valence-corrected chi connectivity index (χ3v) is 6.14. The van der Waals surface area contributed by atoms with Gasteiger partial charge >= 0.3 is 0 Å². The minimum atomic E-state index is -4.04. The number of para-hydroxylation sites is 1. The molecular formula is C16H15ClN2O5S. The van der Waals surface area contributed by atoms with E-state index in [2.05, 4.69) is 0 Å². The Bertz CT molecular complexity index is 933. The fourth-order valence-corrected chi connectivity index (χ4v) is 4.97. The predicted molar refractivity (Wildman–Crippen MR) is 91.2 cm³/mol. The lowest BCUT2D eigenvalue weighted by Crippen LogP contribution is -2.40. The molecule has 132 valence electrons. The van der Waals surface area contributed by atoms with E-state index in [9.17, 15) is 18.4 Å². The number of carbonyl (C=O) groups is 1. The van der Waals surface area contributed by atoms with Crippen LogP contribution in [-0.4, -0.2) is 31.7 Å². The molecule has 2 aromatic carbocycles. The van der Waals surface area contributed by atoms with E-state index in [0.29, 0.717) is 10.8 Å². The van der Waals surface area contributed by atoms with Crippen molar-refractivity contribution in [2.75, 3.05) is 11.4 Å². The SMILES string of the molecule is COc1ccc2c(c1Cl)C(N(O)C(C)=O)N(c1ccccc1)S2(=O)=O. The van der Waals surface area contributed by atoms with Crippen molar-refractivity contribution in [3.05, 3.63) is 53.1 Å². The molecule has 0 spiro atoms. The van der Waals surface area contributed by atoms with E-state index in [0.717, 1.165) is 11.2 Å². The summed E-state index contributed by atoms with van der Waals surface area (Å²) >= 11 is 6.31. The van der Waals surface area contributed by atoms with Crippen molar-refractivity contribution in [3.8, 4) is 5.75 Å². The lowest BCUT2D eigenvalue weighted by Gasteiger charge is -2.30. The number of benzene rings is 2. The summed E-state index contributed by atoms with van der Waals surface area (Å²) in [5, 5.41) is 10.7. The highest BCUT2D eigenvalue weighted by Gasteiger charge is 2.48. The van der Waals surface area contributed by atoms with Gasteiger partial charge in [-0.15, -0.1) is 0 Å². The van der Waals surface area contributed by atoms with Crippen molar-refractivity contribution in [2.45, 2.75) is 18.0 Å². The summed E-state index contributed by atoms with van der Waals surface area (Å²) < 4.78 is 32.2. The van der Waals surface area contributed by atoms with Crippen LogP contribution in [0.1, 0.15) is 18.7 Å². The number of hydrogen-bond acceptors (Lipinski definition) is 5. The fraction of sp³-hybridized carbons (Fsp3) is 0.188. The molecule has 2 aromatic rings. The van der Waals surface area contributed by atoms with Gasteiger partial charge in [-0.3, -0.25) is 10.0 Å². The number of halogens is 1. The number of hydroxylamine groups is 2. The molecule has 1 amide bonds. The molecule has 1 aliphatic rings. The van der Waals surface area contributed by atoms with E-state index < -0.39 is 22.1 Å². The summed E-state index contributed by atoms with van der Waals surface area (Å²) in [7, 11) is -2.64. The molecule has 7 nitrogen and oxygen atoms in total. The summed E-state index contributed by atoms with van der Waals surface area (Å²) in [5.41, 5.74) is 0.376. The number of methoxy groups -OCH3 is 1. The lowest BCUT2D eigenvalue weighted by molar-refractivity contribution is -0.172. The maximum atomic E-state index is 13.1. The van der Waals surface area contributed by atoms with Gasteiger partial charge in [0.1, 0.15) is 5.75 Å². The van der Waals surface area contributed by atoms with E-state index in [-0.39, 0.29) is 21.2 Å². The average Bonchev–Trinajstić information content (AvgIpc) is 2.83. The van der Waals surface area contributed by atoms with Gasteiger partial charge in [-0.25, -0.2) is 12.7 Å². The zero-order valence-electron chi connectivity index (χ0n) is 13.4. The lowest BCUT2D eigenvalue weighted by atomic mass is 10.1. The molecule has 1 N–H and O–H groups in total. The Labute approximate surface area is 150 Å². The number of carbonyl (C=O) groups excluding carboxylic acids is 1. The van der Waals surface area contributed by atoms with Gasteiger partial charge < -0.3 is 4.74 Å². The first kappa shape index (κ1) is 17.5. The number of rotatable bonds is 3. The molecule has 3 rings (SSSR count). The molecule has 9 heteroatoms. The number of anilines is 1. The molecule has 0 fully saturated rings. The van der Waals surface area contributed by atoms with Crippen LogP contribution in [0.3, 0.4) is 0 Å². The summed E-state index contributed by atoms with van der Waals surface area (Å²) in [5.74, 6) is -0.486.